The third-order valence-electron chi connectivity index (χ3n) is 5.93. The molecular formula is C29H39NO4. The predicted octanol–water partition coefficient (Wildman–Crippen LogP) is 6.36. The lowest BCUT2D eigenvalue weighted by molar-refractivity contribution is -0.136. The number of rotatable bonds is 11. The van der Waals surface area contributed by atoms with Crippen LogP contribution in [0.1, 0.15) is 52.0 Å². The summed E-state index contributed by atoms with van der Waals surface area (Å²) in [6.45, 7) is 10.5. The van der Waals surface area contributed by atoms with Crippen LogP contribution in [0.25, 0.3) is 17.2 Å². The minimum absolute atomic E-state index is 0.242. The molecule has 0 N–H and O–H groups in total. The van der Waals surface area contributed by atoms with E-state index in [4.69, 9.17) is 14.2 Å². The summed E-state index contributed by atoms with van der Waals surface area (Å²) in [4.78, 5) is 14.8. The first-order valence-corrected chi connectivity index (χ1v) is 12.5. The van der Waals surface area contributed by atoms with Crippen molar-refractivity contribution in [3.8, 4) is 16.9 Å². The summed E-state index contributed by atoms with van der Waals surface area (Å²) in [6.07, 6.45) is 5.88. The number of hydrogen-bond acceptors (Lipinski definition) is 5. The molecule has 1 aliphatic heterocycles. The molecule has 0 saturated carbocycles. The third kappa shape index (κ3) is 7.36. The number of carbonyl (C=O) groups is 1. The van der Waals surface area contributed by atoms with E-state index in [9.17, 15) is 4.79 Å². The van der Waals surface area contributed by atoms with Crippen molar-refractivity contribution in [2.24, 2.45) is 5.92 Å². The maximum absolute atomic E-state index is 12.3. The molecule has 5 nitrogen and oxygen atoms in total. The number of nitrogens with zero attached hydrogens (tertiary/aromatic N) is 1. The van der Waals surface area contributed by atoms with Gasteiger partial charge < -0.3 is 19.1 Å². The van der Waals surface area contributed by atoms with Gasteiger partial charge in [0, 0.05) is 31.0 Å². The van der Waals surface area contributed by atoms with Crippen LogP contribution in [-0.2, 0) is 14.3 Å². The molecule has 1 heterocycles. The Kier molecular flexibility index (Phi) is 10.0. The van der Waals surface area contributed by atoms with Crippen molar-refractivity contribution in [1.29, 1.82) is 0 Å². The highest BCUT2D eigenvalue weighted by Crippen LogP contribution is 2.33. The normalized spacial score (nSPS) is 15.2. The van der Waals surface area contributed by atoms with Gasteiger partial charge in [0.25, 0.3) is 0 Å². The molecule has 184 valence electrons. The molecule has 2 aromatic rings. The van der Waals surface area contributed by atoms with Crippen LogP contribution in [0.5, 0.6) is 5.75 Å². The smallest absolute Gasteiger partial charge is 0.333 e. The molecule has 2 aromatic carbocycles. The summed E-state index contributed by atoms with van der Waals surface area (Å²) in [5, 5.41) is 0. The van der Waals surface area contributed by atoms with Crippen LogP contribution in [0, 0.1) is 5.92 Å². The molecule has 1 aliphatic rings. The largest absolute Gasteiger partial charge is 0.491 e. The zero-order chi connectivity index (χ0) is 24.3. The molecule has 0 atom stereocenters. The molecule has 0 aliphatic carbocycles. The summed E-state index contributed by atoms with van der Waals surface area (Å²) >= 11 is 0. The maximum Gasteiger partial charge on any atom is 0.333 e. The van der Waals surface area contributed by atoms with Crippen molar-refractivity contribution in [2.75, 3.05) is 44.9 Å². The van der Waals surface area contributed by atoms with Gasteiger partial charge in [0.05, 0.1) is 13.7 Å². The van der Waals surface area contributed by atoms with Gasteiger partial charge in [0.2, 0.25) is 0 Å². The zero-order valence-electron chi connectivity index (χ0n) is 21.1. The molecule has 34 heavy (non-hydrogen) atoms. The summed E-state index contributed by atoms with van der Waals surface area (Å²) in [7, 11) is 1.45. The van der Waals surface area contributed by atoms with Crippen molar-refractivity contribution in [1.82, 2.24) is 0 Å². The first-order valence-electron chi connectivity index (χ1n) is 12.5. The second-order valence-corrected chi connectivity index (χ2v) is 9.22. The Bertz CT molecular complexity index is 949. The van der Waals surface area contributed by atoms with Crippen molar-refractivity contribution in [2.45, 2.75) is 46.5 Å². The van der Waals surface area contributed by atoms with E-state index in [-0.39, 0.29) is 5.97 Å². The second kappa shape index (κ2) is 13.2. The lowest BCUT2D eigenvalue weighted by atomic mass is 9.96. The van der Waals surface area contributed by atoms with E-state index < -0.39 is 0 Å². The molecule has 3 rings (SSSR count). The van der Waals surface area contributed by atoms with E-state index in [1.807, 2.05) is 18.2 Å². The molecule has 0 unspecified atom stereocenters. The summed E-state index contributed by atoms with van der Waals surface area (Å²) in [6, 6.07) is 14.7. The van der Waals surface area contributed by atoms with Gasteiger partial charge in [-0.2, -0.15) is 0 Å². The van der Waals surface area contributed by atoms with Gasteiger partial charge in [0.1, 0.15) is 12.4 Å². The van der Waals surface area contributed by atoms with Gasteiger partial charge in [-0.05, 0) is 72.2 Å². The molecule has 0 spiro atoms. The van der Waals surface area contributed by atoms with E-state index >= 15 is 0 Å². The van der Waals surface area contributed by atoms with E-state index in [1.54, 1.807) is 0 Å². The highest BCUT2D eigenvalue weighted by molar-refractivity contribution is 5.95. The second-order valence-electron chi connectivity index (χ2n) is 9.22. The third-order valence-corrected chi connectivity index (χ3v) is 5.93. The summed E-state index contributed by atoms with van der Waals surface area (Å²) < 4.78 is 16.4. The van der Waals surface area contributed by atoms with Crippen LogP contribution < -0.4 is 9.64 Å². The number of esters is 1. The fourth-order valence-electron chi connectivity index (χ4n) is 4.21. The molecule has 0 saturated heterocycles. The Labute approximate surface area is 204 Å². The van der Waals surface area contributed by atoms with Gasteiger partial charge in [0.15, 0.2) is 0 Å². The van der Waals surface area contributed by atoms with Gasteiger partial charge in [-0.3, -0.25) is 0 Å². The number of unbranched alkanes of at least 4 members (excludes halogenated alkanes) is 1. The van der Waals surface area contributed by atoms with Crippen molar-refractivity contribution in [3.05, 3.63) is 53.6 Å². The topological polar surface area (TPSA) is 48.0 Å². The van der Waals surface area contributed by atoms with Crippen LogP contribution in [0.2, 0.25) is 0 Å². The average molecular weight is 466 g/mol. The molecule has 0 amide bonds. The Morgan fingerprint density at radius 3 is 2.50 bits per heavy atom. The minimum Gasteiger partial charge on any atom is -0.491 e. The SMILES string of the molecule is CCCCOCCOc1ccc(-c2ccc3c(c2)/C=C(/C(=O)OC)CCCN3CC(C)C)cc1. The highest BCUT2D eigenvalue weighted by Gasteiger charge is 2.19. The number of anilines is 1. The van der Waals surface area contributed by atoms with Gasteiger partial charge >= 0.3 is 5.97 Å². The van der Waals surface area contributed by atoms with Crippen LogP contribution in [0.3, 0.4) is 0 Å². The Morgan fingerprint density at radius 1 is 1.03 bits per heavy atom. The van der Waals surface area contributed by atoms with Crippen LogP contribution in [0.4, 0.5) is 5.69 Å². The Balaban J connectivity index is 1.79. The predicted molar refractivity (Wildman–Crippen MR) is 139 cm³/mol. The standard InChI is InChI=1S/C29H39NO4/c1-5-6-16-33-17-18-34-27-12-9-23(10-13-27)24-11-14-28-26(19-24)20-25(29(31)32-4)8-7-15-30(28)21-22(2)3/h9-14,19-20,22H,5-8,15-18,21H2,1-4H3/b25-20+. The zero-order valence-corrected chi connectivity index (χ0v) is 21.1. The Morgan fingerprint density at radius 2 is 1.79 bits per heavy atom. The number of methoxy groups -OCH3 is 1. The van der Waals surface area contributed by atoms with Crippen molar-refractivity contribution < 1.29 is 19.0 Å². The molecule has 0 radical (unpaired) electrons. The van der Waals surface area contributed by atoms with E-state index in [0.717, 1.165) is 73.4 Å². The van der Waals surface area contributed by atoms with Crippen molar-refractivity contribution in [3.63, 3.8) is 0 Å². The van der Waals surface area contributed by atoms with Crippen LogP contribution in [0.15, 0.2) is 48.0 Å². The number of hydrogen-bond donors (Lipinski definition) is 0. The van der Waals surface area contributed by atoms with Gasteiger partial charge in [-0.15, -0.1) is 0 Å². The first kappa shape index (κ1) is 25.8. The lowest BCUT2D eigenvalue weighted by Crippen LogP contribution is -2.30. The van der Waals surface area contributed by atoms with Gasteiger partial charge in [-0.1, -0.05) is 45.4 Å². The van der Waals surface area contributed by atoms with E-state index in [2.05, 4.69) is 56.0 Å². The monoisotopic (exact) mass is 465 g/mol. The number of fused-ring (bicyclic) bond motifs is 1. The molecule has 0 aromatic heterocycles. The average Bonchev–Trinajstić information content (AvgIpc) is 2.83. The lowest BCUT2D eigenvalue weighted by Gasteiger charge is -2.30. The summed E-state index contributed by atoms with van der Waals surface area (Å²) in [5.41, 5.74) is 5.18. The first-order chi connectivity index (χ1) is 16.5. The maximum atomic E-state index is 12.3. The molecule has 0 bridgehead atoms. The quantitative estimate of drug-likeness (QED) is 0.285. The number of benzene rings is 2. The van der Waals surface area contributed by atoms with Crippen LogP contribution >= 0.6 is 0 Å². The minimum atomic E-state index is -0.242. The fraction of sp³-hybridized carbons (Fsp3) is 0.483. The fourth-order valence-corrected chi connectivity index (χ4v) is 4.21. The van der Waals surface area contributed by atoms with Crippen LogP contribution in [-0.4, -0.2) is 46.0 Å². The number of carbonyl (C=O) groups excluding carboxylic acids is 1. The van der Waals surface area contributed by atoms with E-state index in [1.165, 1.54) is 12.8 Å². The van der Waals surface area contributed by atoms with E-state index in [0.29, 0.717) is 19.1 Å². The Hall–Kier alpha value is -2.79. The molecule has 5 heteroatoms. The molecular weight excluding hydrogens is 426 g/mol. The van der Waals surface area contributed by atoms with Crippen molar-refractivity contribution >= 4 is 17.7 Å². The summed E-state index contributed by atoms with van der Waals surface area (Å²) in [5.74, 6) is 1.15. The number of ether oxygens (including phenoxy) is 3. The highest BCUT2D eigenvalue weighted by atomic mass is 16.5. The van der Waals surface area contributed by atoms with Gasteiger partial charge in [-0.25, -0.2) is 4.79 Å². The molecule has 0 fully saturated rings.